The lowest BCUT2D eigenvalue weighted by atomic mass is 9.97. The molecule has 1 aliphatic heterocycles. The van der Waals surface area contributed by atoms with E-state index in [1.165, 1.54) is 5.56 Å². The minimum absolute atomic E-state index is 0.0876. The Bertz CT molecular complexity index is 461. The normalized spacial score (nSPS) is 24.8. The zero-order valence-electron chi connectivity index (χ0n) is 14.2. The SMILES string of the molecule is CCC(NC)c1ccc(OC2CC(C)(C)OC2(C)C)cc1. The van der Waals surface area contributed by atoms with E-state index in [1.54, 1.807) is 0 Å². The van der Waals surface area contributed by atoms with Crippen molar-refractivity contribution in [1.29, 1.82) is 0 Å². The number of hydrogen-bond donors (Lipinski definition) is 1. The fraction of sp³-hybridized carbons (Fsp3) is 0.667. The van der Waals surface area contributed by atoms with Gasteiger partial charge < -0.3 is 14.8 Å². The monoisotopic (exact) mass is 291 g/mol. The fourth-order valence-electron chi connectivity index (χ4n) is 3.24. The van der Waals surface area contributed by atoms with Crippen LogP contribution in [0.4, 0.5) is 0 Å². The molecule has 0 aromatic heterocycles. The van der Waals surface area contributed by atoms with E-state index >= 15 is 0 Å². The van der Waals surface area contributed by atoms with Gasteiger partial charge >= 0.3 is 0 Å². The maximum absolute atomic E-state index is 6.18. The first-order valence-corrected chi connectivity index (χ1v) is 7.91. The van der Waals surface area contributed by atoms with Gasteiger partial charge in [-0.25, -0.2) is 0 Å². The van der Waals surface area contributed by atoms with E-state index in [9.17, 15) is 0 Å². The molecule has 1 saturated heterocycles. The van der Waals surface area contributed by atoms with Crippen molar-refractivity contribution in [3.8, 4) is 5.75 Å². The summed E-state index contributed by atoms with van der Waals surface area (Å²) in [7, 11) is 2.00. The molecule has 1 aliphatic rings. The quantitative estimate of drug-likeness (QED) is 0.886. The van der Waals surface area contributed by atoms with Crippen molar-refractivity contribution in [3.63, 3.8) is 0 Å². The van der Waals surface area contributed by atoms with Crippen LogP contribution in [0, 0.1) is 0 Å². The molecule has 0 amide bonds. The maximum atomic E-state index is 6.18. The number of benzene rings is 1. The largest absolute Gasteiger partial charge is 0.487 e. The van der Waals surface area contributed by atoms with Crippen molar-refractivity contribution in [2.24, 2.45) is 0 Å². The van der Waals surface area contributed by atoms with E-state index < -0.39 is 0 Å². The van der Waals surface area contributed by atoms with Crippen molar-refractivity contribution in [2.45, 2.75) is 70.8 Å². The summed E-state index contributed by atoms with van der Waals surface area (Å²) in [5, 5.41) is 3.32. The molecular weight excluding hydrogens is 262 g/mol. The van der Waals surface area contributed by atoms with Gasteiger partial charge in [0, 0.05) is 12.5 Å². The van der Waals surface area contributed by atoms with Crippen molar-refractivity contribution < 1.29 is 9.47 Å². The molecule has 21 heavy (non-hydrogen) atoms. The van der Waals surface area contributed by atoms with Crippen LogP contribution in [-0.4, -0.2) is 24.4 Å². The summed E-state index contributed by atoms with van der Waals surface area (Å²) in [5.74, 6) is 0.920. The van der Waals surface area contributed by atoms with E-state index in [1.807, 2.05) is 7.05 Å². The highest BCUT2D eigenvalue weighted by atomic mass is 16.6. The fourth-order valence-corrected chi connectivity index (χ4v) is 3.24. The average molecular weight is 291 g/mol. The average Bonchev–Trinajstić information content (AvgIpc) is 2.60. The number of nitrogens with one attached hydrogen (secondary N) is 1. The van der Waals surface area contributed by atoms with Gasteiger partial charge in [-0.15, -0.1) is 0 Å². The third kappa shape index (κ3) is 3.78. The molecule has 1 aromatic carbocycles. The van der Waals surface area contributed by atoms with Crippen LogP contribution in [0.2, 0.25) is 0 Å². The van der Waals surface area contributed by atoms with Gasteiger partial charge in [0.05, 0.1) is 5.60 Å². The number of rotatable bonds is 5. The van der Waals surface area contributed by atoms with Gasteiger partial charge in [0.1, 0.15) is 17.5 Å². The Morgan fingerprint density at radius 3 is 2.29 bits per heavy atom. The Morgan fingerprint density at radius 2 is 1.86 bits per heavy atom. The summed E-state index contributed by atoms with van der Waals surface area (Å²) in [5.41, 5.74) is 0.932. The first-order valence-electron chi connectivity index (χ1n) is 7.91. The molecular formula is C18H29NO2. The summed E-state index contributed by atoms with van der Waals surface area (Å²) >= 11 is 0. The van der Waals surface area contributed by atoms with E-state index in [4.69, 9.17) is 9.47 Å². The molecule has 0 aliphatic carbocycles. The van der Waals surface area contributed by atoms with Gasteiger partial charge in [-0.05, 0) is 58.9 Å². The standard InChI is InChI=1S/C18H29NO2/c1-7-15(19-6)13-8-10-14(11-9-13)20-16-12-17(2,3)21-18(16,4)5/h8-11,15-16,19H,7,12H2,1-6H3. The predicted molar refractivity (Wildman–Crippen MR) is 86.8 cm³/mol. The Morgan fingerprint density at radius 1 is 1.24 bits per heavy atom. The first kappa shape index (κ1) is 16.3. The van der Waals surface area contributed by atoms with Gasteiger partial charge in [-0.2, -0.15) is 0 Å². The Hall–Kier alpha value is -1.06. The molecule has 118 valence electrons. The Labute approximate surface area is 129 Å². The molecule has 1 heterocycles. The summed E-state index contributed by atoms with van der Waals surface area (Å²) < 4.78 is 12.3. The predicted octanol–water partition coefficient (Wildman–Crippen LogP) is 4.08. The van der Waals surface area contributed by atoms with Gasteiger partial charge in [-0.1, -0.05) is 19.1 Å². The lowest BCUT2D eigenvalue weighted by Crippen LogP contribution is -2.36. The molecule has 2 atom stereocenters. The van der Waals surface area contributed by atoms with Crippen molar-refractivity contribution in [3.05, 3.63) is 29.8 Å². The van der Waals surface area contributed by atoms with Gasteiger partial charge in [0.15, 0.2) is 0 Å². The smallest absolute Gasteiger partial charge is 0.130 e. The lowest BCUT2D eigenvalue weighted by molar-refractivity contribution is -0.0846. The summed E-state index contributed by atoms with van der Waals surface area (Å²) in [6.07, 6.45) is 2.08. The third-order valence-corrected chi connectivity index (χ3v) is 4.31. The minimum atomic E-state index is -0.251. The van der Waals surface area contributed by atoms with Gasteiger partial charge in [0.25, 0.3) is 0 Å². The van der Waals surface area contributed by atoms with Gasteiger partial charge in [-0.3, -0.25) is 0 Å². The molecule has 2 unspecified atom stereocenters. The number of hydrogen-bond acceptors (Lipinski definition) is 3. The van der Waals surface area contributed by atoms with E-state index in [-0.39, 0.29) is 17.3 Å². The second kappa shape index (κ2) is 5.98. The lowest BCUT2D eigenvalue weighted by Gasteiger charge is -2.27. The number of ether oxygens (including phenoxy) is 2. The van der Waals surface area contributed by atoms with Gasteiger partial charge in [0.2, 0.25) is 0 Å². The van der Waals surface area contributed by atoms with E-state index in [0.717, 1.165) is 18.6 Å². The second-order valence-corrected chi connectivity index (χ2v) is 7.09. The highest BCUT2D eigenvalue weighted by Gasteiger charge is 2.47. The van der Waals surface area contributed by atoms with Crippen molar-refractivity contribution in [2.75, 3.05) is 7.05 Å². The van der Waals surface area contributed by atoms with Crippen LogP contribution >= 0.6 is 0 Å². The summed E-state index contributed by atoms with van der Waals surface area (Å²) in [6, 6.07) is 8.83. The topological polar surface area (TPSA) is 30.5 Å². The van der Waals surface area contributed by atoms with Crippen LogP contribution in [0.25, 0.3) is 0 Å². The zero-order valence-corrected chi connectivity index (χ0v) is 14.2. The molecule has 1 N–H and O–H groups in total. The molecule has 3 nitrogen and oxygen atoms in total. The van der Waals surface area contributed by atoms with Crippen LogP contribution in [0.5, 0.6) is 5.75 Å². The van der Waals surface area contributed by atoms with Crippen LogP contribution in [0.15, 0.2) is 24.3 Å². The minimum Gasteiger partial charge on any atom is -0.487 e. The van der Waals surface area contributed by atoms with E-state index in [2.05, 4.69) is 64.2 Å². The summed E-state index contributed by atoms with van der Waals surface area (Å²) in [4.78, 5) is 0. The Kier molecular flexibility index (Phi) is 4.64. The second-order valence-electron chi connectivity index (χ2n) is 7.09. The molecule has 0 radical (unpaired) electrons. The molecule has 0 spiro atoms. The maximum Gasteiger partial charge on any atom is 0.130 e. The van der Waals surface area contributed by atoms with Crippen molar-refractivity contribution in [1.82, 2.24) is 5.32 Å². The Balaban J connectivity index is 2.07. The van der Waals surface area contributed by atoms with Crippen LogP contribution in [0.1, 0.15) is 59.1 Å². The highest BCUT2D eigenvalue weighted by molar-refractivity contribution is 5.29. The van der Waals surface area contributed by atoms with Crippen molar-refractivity contribution >= 4 is 0 Å². The highest BCUT2D eigenvalue weighted by Crippen LogP contribution is 2.39. The molecule has 1 aromatic rings. The molecule has 3 heteroatoms. The zero-order chi connectivity index (χ0) is 15.7. The molecule has 0 bridgehead atoms. The first-order chi connectivity index (χ1) is 9.77. The van der Waals surface area contributed by atoms with Crippen LogP contribution in [0.3, 0.4) is 0 Å². The summed E-state index contributed by atoms with van der Waals surface area (Å²) in [6.45, 7) is 10.6. The van der Waals surface area contributed by atoms with E-state index in [0.29, 0.717) is 6.04 Å². The van der Waals surface area contributed by atoms with Crippen LogP contribution in [-0.2, 0) is 4.74 Å². The molecule has 1 fully saturated rings. The molecule has 0 saturated carbocycles. The molecule has 2 rings (SSSR count). The van der Waals surface area contributed by atoms with Crippen LogP contribution < -0.4 is 10.1 Å². The third-order valence-electron chi connectivity index (χ3n) is 4.31.